The summed E-state index contributed by atoms with van der Waals surface area (Å²) >= 11 is 1.56. The van der Waals surface area contributed by atoms with Crippen LogP contribution in [0.3, 0.4) is 0 Å². The molecule has 0 amide bonds. The van der Waals surface area contributed by atoms with Crippen LogP contribution in [0.15, 0.2) is 40.9 Å². The van der Waals surface area contributed by atoms with Crippen LogP contribution in [0.5, 0.6) is 11.5 Å². The molecule has 2 aromatic rings. The molecule has 1 unspecified atom stereocenters. The van der Waals surface area contributed by atoms with E-state index >= 15 is 0 Å². The number of phenols is 1. The molecule has 0 radical (unpaired) electrons. The fourth-order valence-electron chi connectivity index (χ4n) is 5.54. The summed E-state index contributed by atoms with van der Waals surface area (Å²) < 4.78 is 5.17. The second-order valence-electron chi connectivity index (χ2n) is 9.10. The maximum atomic E-state index is 13.4. The number of ether oxygens (including phenoxy) is 1. The zero-order chi connectivity index (χ0) is 24.7. The highest BCUT2D eigenvalue weighted by atomic mass is 32.1. The molecule has 0 saturated heterocycles. The number of anilines is 1. The molecule has 0 spiro atoms. The maximum absolute atomic E-state index is 13.4. The number of benzene rings is 1. The van der Waals surface area contributed by atoms with E-state index in [1.54, 1.807) is 23.5 Å². The van der Waals surface area contributed by atoms with Crippen molar-refractivity contribution in [3.8, 4) is 23.6 Å². The summed E-state index contributed by atoms with van der Waals surface area (Å²) in [7, 11) is 1.46. The molecule has 7 nitrogen and oxygen atoms in total. The summed E-state index contributed by atoms with van der Waals surface area (Å²) in [5.41, 5.74) is 10.5. The highest BCUT2D eigenvalue weighted by Crippen LogP contribution is 2.50. The Bertz CT molecular complexity index is 1370. The number of hydrogen-bond donors (Lipinski definition) is 2. The van der Waals surface area contributed by atoms with E-state index in [4.69, 9.17) is 10.5 Å². The van der Waals surface area contributed by atoms with Gasteiger partial charge in [0.1, 0.15) is 16.9 Å². The number of nitriles is 2. The fraction of sp³-hybridized carbons (Fsp3) is 0.370. The molecule has 3 N–H and O–H groups in total. The van der Waals surface area contributed by atoms with Gasteiger partial charge in [0.05, 0.1) is 30.2 Å². The minimum atomic E-state index is -0.681. The number of nitrogens with two attached hydrogens (primary N) is 1. The first-order valence-electron chi connectivity index (χ1n) is 11.9. The third-order valence-electron chi connectivity index (χ3n) is 7.17. The Kier molecular flexibility index (Phi) is 6.00. The monoisotopic (exact) mass is 486 g/mol. The maximum Gasteiger partial charge on any atom is 0.161 e. The quantitative estimate of drug-likeness (QED) is 0.591. The van der Waals surface area contributed by atoms with Crippen LogP contribution in [0.2, 0.25) is 0 Å². The molecule has 1 aromatic carbocycles. The van der Waals surface area contributed by atoms with Crippen molar-refractivity contribution in [2.45, 2.75) is 57.3 Å². The lowest BCUT2D eigenvalue weighted by molar-refractivity contribution is -0.116. The average molecular weight is 487 g/mol. The number of nitrogens with zero attached hydrogens (tertiary/aromatic N) is 3. The standard InChI is InChI=1S/C27H26N4O3S/c1-34-22-11-10-15(12-21(22)33)24-18(14-29)26(30)31(19-7-5-8-20(32)25(19)24)27-17(13-28)16-6-3-2-4-9-23(16)35-27/h10-12,24,33H,2-9,30H2,1H3. The van der Waals surface area contributed by atoms with Gasteiger partial charge in [0.2, 0.25) is 0 Å². The highest BCUT2D eigenvalue weighted by molar-refractivity contribution is 7.16. The SMILES string of the molecule is COc1ccc(C2C(C#N)=C(N)N(c3sc4c(c3C#N)CCCCC4)C3=C2C(=O)CCC3)cc1O. The molecule has 0 fully saturated rings. The Morgan fingerprint density at radius 1 is 1.11 bits per heavy atom. The van der Waals surface area contributed by atoms with Crippen molar-refractivity contribution in [2.24, 2.45) is 5.73 Å². The van der Waals surface area contributed by atoms with Crippen LogP contribution in [0.4, 0.5) is 5.00 Å². The Balaban J connectivity index is 1.73. The van der Waals surface area contributed by atoms with Crippen LogP contribution in [0.1, 0.15) is 66.0 Å². The Morgan fingerprint density at radius 2 is 1.91 bits per heavy atom. The number of hydrogen-bond acceptors (Lipinski definition) is 8. The van der Waals surface area contributed by atoms with Crippen molar-refractivity contribution < 1.29 is 14.6 Å². The number of phenolic OH excluding ortho intramolecular Hbond substituents is 1. The smallest absolute Gasteiger partial charge is 0.161 e. The number of aromatic hydroxyl groups is 1. The van der Waals surface area contributed by atoms with Crippen LogP contribution >= 0.6 is 11.3 Å². The summed E-state index contributed by atoms with van der Waals surface area (Å²) in [6.07, 6.45) is 6.74. The molecule has 2 heterocycles. The van der Waals surface area contributed by atoms with Gasteiger partial charge in [-0.25, -0.2) is 0 Å². The van der Waals surface area contributed by atoms with Gasteiger partial charge >= 0.3 is 0 Å². The Labute approximate surface area is 208 Å². The number of methoxy groups -OCH3 is 1. The third-order valence-corrected chi connectivity index (χ3v) is 8.44. The van der Waals surface area contributed by atoms with Gasteiger partial charge in [-0.3, -0.25) is 9.69 Å². The topological polar surface area (TPSA) is 123 Å². The second kappa shape index (κ2) is 9.13. The number of allylic oxidation sites excluding steroid dienone is 3. The molecule has 178 valence electrons. The summed E-state index contributed by atoms with van der Waals surface area (Å²) in [4.78, 5) is 16.4. The summed E-state index contributed by atoms with van der Waals surface area (Å²) in [6, 6.07) is 9.56. The number of rotatable bonds is 3. The molecule has 35 heavy (non-hydrogen) atoms. The van der Waals surface area contributed by atoms with E-state index in [1.807, 2.05) is 4.90 Å². The molecule has 1 atom stereocenters. The summed E-state index contributed by atoms with van der Waals surface area (Å²) in [5.74, 6) is -0.228. The van der Waals surface area contributed by atoms with Crippen molar-refractivity contribution in [3.05, 3.63) is 62.4 Å². The number of thiophene rings is 1. The summed E-state index contributed by atoms with van der Waals surface area (Å²) in [5, 5.41) is 31.5. The van der Waals surface area contributed by atoms with Gasteiger partial charge in [0.15, 0.2) is 17.3 Å². The molecule has 3 aliphatic rings. The van der Waals surface area contributed by atoms with Gasteiger partial charge in [-0.05, 0) is 61.8 Å². The minimum Gasteiger partial charge on any atom is -0.504 e. The lowest BCUT2D eigenvalue weighted by Gasteiger charge is -2.39. The van der Waals surface area contributed by atoms with E-state index in [1.165, 1.54) is 18.1 Å². The average Bonchev–Trinajstić information content (AvgIpc) is 3.03. The van der Waals surface area contributed by atoms with Gasteiger partial charge < -0.3 is 15.6 Å². The predicted octanol–water partition coefficient (Wildman–Crippen LogP) is 4.91. The van der Waals surface area contributed by atoms with Crippen LogP contribution in [0.25, 0.3) is 0 Å². The van der Waals surface area contributed by atoms with E-state index in [2.05, 4.69) is 12.1 Å². The molecule has 2 aliphatic carbocycles. The first-order valence-corrected chi connectivity index (χ1v) is 12.7. The fourth-order valence-corrected chi connectivity index (χ4v) is 6.92. The van der Waals surface area contributed by atoms with Crippen molar-refractivity contribution in [3.63, 3.8) is 0 Å². The number of aryl methyl sites for hydroxylation is 1. The van der Waals surface area contributed by atoms with Gasteiger partial charge in [0.25, 0.3) is 0 Å². The molecule has 1 aliphatic heterocycles. The number of ketones is 1. The second-order valence-corrected chi connectivity index (χ2v) is 10.2. The molecule has 5 rings (SSSR count). The largest absolute Gasteiger partial charge is 0.504 e. The number of carbonyl (C=O) groups is 1. The normalized spacial score (nSPS) is 20.0. The molecule has 1 aromatic heterocycles. The highest BCUT2D eigenvalue weighted by Gasteiger charge is 2.42. The first kappa shape index (κ1) is 23.0. The van der Waals surface area contributed by atoms with Crippen LogP contribution < -0.4 is 15.4 Å². The van der Waals surface area contributed by atoms with E-state index in [0.29, 0.717) is 46.7 Å². The molecule has 0 bridgehead atoms. The van der Waals surface area contributed by atoms with Crippen LogP contribution in [-0.2, 0) is 17.6 Å². The van der Waals surface area contributed by atoms with Crippen molar-refractivity contribution >= 4 is 22.1 Å². The zero-order valence-corrected chi connectivity index (χ0v) is 20.4. The van der Waals surface area contributed by atoms with Gasteiger partial charge in [-0.1, -0.05) is 12.5 Å². The van der Waals surface area contributed by atoms with E-state index in [9.17, 15) is 20.4 Å². The minimum absolute atomic E-state index is 0.0339. The van der Waals surface area contributed by atoms with Crippen molar-refractivity contribution in [1.29, 1.82) is 10.5 Å². The Morgan fingerprint density at radius 3 is 2.63 bits per heavy atom. The van der Waals surface area contributed by atoms with Crippen molar-refractivity contribution in [2.75, 3.05) is 12.0 Å². The van der Waals surface area contributed by atoms with Gasteiger partial charge in [0, 0.05) is 22.6 Å². The van der Waals surface area contributed by atoms with Crippen molar-refractivity contribution in [1.82, 2.24) is 0 Å². The first-order chi connectivity index (χ1) is 17.0. The number of carbonyl (C=O) groups excluding carboxylic acids is 1. The molecular formula is C27H26N4O3S. The zero-order valence-electron chi connectivity index (χ0n) is 19.6. The number of fused-ring (bicyclic) bond motifs is 1. The lowest BCUT2D eigenvalue weighted by atomic mass is 9.75. The van der Waals surface area contributed by atoms with Gasteiger partial charge in [-0.15, -0.1) is 11.3 Å². The summed E-state index contributed by atoms with van der Waals surface area (Å²) in [6.45, 7) is 0. The van der Waals surface area contributed by atoms with Crippen LogP contribution in [0, 0.1) is 22.7 Å². The van der Waals surface area contributed by atoms with E-state index in [-0.39, 0.29) is 22.9 Å². The molecule has 0 saturated carbocycles. The van der Waals surface area contributed by atoms with Gasteiger partial charge in [-0.2, -0.15) is 10.5 Å². The Hall–Kier alpha value is -3.75. The molecule has 8 heteroatoms. The predicted molar refractivity (Wildman–Crippen MR) is 133 cm³/mol. The molecular weight excluding hydrogens is 460 g/mol. The van der Waals surface area contributed by atoms with E-state index in [0.717, 1.165) is 43.4 Å². The number of Topliss-reactive ketones (excluding diaryl/α,β-unsaturated/α-hetero) is 1. The van der Waals surface area contributed by atoms with Crippen LogP contribution in [-0.4, -0.2) is 18.0 Å². The third kappa shape index (κ3) is 3.66. The lowest BCUT2D eigenvalue weighted by Crippen LogP contribution is -2.38. The van der Waals surface area contributed by atoms with E-state index < -0.39 is 5.92 Å².